The predicted molar refractivity (Wildman–Crippen MR) is 157 cm³/mol. The molecule has 1 atom stereocenters. The molecule has 0 aliphatic carbocycles. The number of rotatable bonds is 10. The zero-order valence-electron chi connectivity index (χ0n) is 23.5. The summed E-state index contributed by atoms with van der Waals surface area (Å²) in [6.07, 6.45) is 0. The van der Waals surface area contributed by atoms with Crippen molar-refractivity contribution in [2.45, 2.75) is 26.1 Å². The van der Waals surface area contributed by atoms with Gasteiger partial charge in [0.05, 0.1) is 25.4 Å². The summed E-state index contributed by atoms with van der Waals surface area (Å²) >= 11 is 0. The van der Waals surface area contributed by atoms with Gasteiger partial charge in [-0.1, -0.05) is 59.3 Å². The van der Waals surface area contributed by atoms with E-state index in [-0.39, 0.29) is 13.1 Å². The number of anilines is 1. The Hall–Kier alpha value is -5.25. The molecule has 2 amide bonds. The highest BCUT2D eigenvalue weighted by Gasteiger charge is 2.33. The Bertz CT molecular complexity index is 1720. The number of benzene rings is 4. The molecule has 0 bridgehead atoms. The number of para-hydroxylation sites is 1. The molecule has 5 aromatic rings. The van der Waals surface area contributed by atoms with E-state index in [0.29, 0.717) is 33.8 Å². The first-order chi connectivity index (χ1) is 20.4. The SMILES string of the molecule is COc1ccc(NC(=O)C(c2cccc(F)c2)N(Cc2ccc(C)cc2)C(=O)Cn2nnc3ccccc32)c(OC)c1. The van der Waals surface area contributed by atoms with E-state index in [1.807, 2.05) is 49.4 Å². The molecular weight excluding hydrogens is 537 g/mol. The lowest BCUT2D eigenvalue weighted by Gasteiger charge is -2.32. The number of amides is 2. The second-order valence-electron chi connectivity index (χ2n) is 9.76. The molecule has 1 heterocycles. The van der Waals surface area contributed by atoms with E-state index in [1.54, 1.807) is 30.3 Å². The topological polar surface area (TPSA) is 98.6 Å². The highest BCUT2D eigenvalue weighted by atomic mass is 19.1. The Morgan fingerprint density at radius 1 is 0.952 bits per heavy atom. The summed E-state index contributed by atoms with van der Waals surface area (Å²) in [7, 11) is 3.00. The lowest BCUT2D eigenvalue weighted by molar-refractivity contribution is -0.140. The van der Waals surface area contributed by atoms with Crippen molar-refractivity contribution in [2.24, 2.45) is 0 Å². The lowest BCUT2D eigenvalue weighted by Crippen LogP contribution is -2.42. The van der Waals surface area contributed by atoms with Crippen LogP contribution < -0.4 is 14.8 Å². The minimum atomic E-state index is -1.20. The fraction of sp³-hybridized carbons (Fsp3) is 0.188. The van der Waals surface area contributed by atoms with E-state index in [9.17, 15) is 14.0 Å². The summed E-state index contributed by atoms with van der Waals surface area (Å²) in [5, 5.41) is 11.2. The van der Waals surface area contributed by atoms with Crippen LogP contribution in [0.4, 0.5) is 10.1 Å². The first-order valence-corrected chi connectivity index (χ1v) is 13.3. The van der Waals surface area contributed by atoms with Crippen LogP contribution in [0.25, 0.3) is 11.0 Å². The van der Waals surface area contributed by atoms with Gasteiger partial charge in [0.2, 0.25) is 5.91 Å². The van der Waals surface area contributed by atoms with Gasteiger partial charge >= 0.3 is 0 Å². The van der Waals surface area contributed by atoms with Gasteiger partial charge in [0.15, 0.2) is 0 Å². The summed E-state index contributed by atoms with van der Waals surface area (Å²) < 4.78 is 26.8. The maximum atomic E-state index is 14.5. The van der Waals surface area contributed by atoms with Gasteiger partial charge < -0.3 is 19.7 Å². The highest BCUT2D eigenvalue weighted by Crippen LogP contribution is 2.32. The Labute approximate surface area is 242 Å². The first-order valence-electron chi connectivity index (χ1n) is 13.3. The molecule has 0 saturated heterocycles. The molecule has 0 aliphatic heterocycles. The third-order valence-corrected chi connectivity index (χ3v) is 6.89. The van der Waals surface area contributed by atoms with Crippen molar-refractivity contribution in [2.75, 3.05) is 19.5 Å². The van der Waals surface area contributed by atoms with Gasteiger partial charge in [-0.25, -0.2) is 9.07 Å². The van der Waals surface area contributed by atoms with Crippen molar-refractivity contribution >= 4 is 28.5 Å². The van der Waals surface area contributed by atoms with Gasteiger partial charge in [-0.2, -0.15) is 0 Å². The van der Waals surface area contributed by atoms with Crippen LogP contribution in [-0.2, 0) is 22.7 Å². The second-order valence-corrected chi connectivity index (χ2v) is 9.76. The molecule has 0 aliphatic rings. The summed E-state index contributed by atoms with van der Waals surface area (Å²) in [4.78, 5) is 29.6. The smallest absolute Gasteiger partial charge is 0.251 e. The van der Waals surface area contributed by atoms with Crippen LogP contribution in [-0.4, -0.2) is 45.9 Å². The molecule has 4 aromatic carbocycles. The molecule has 0 spiro atoms. The average Bonchev–Trinajstić information content (AvgIpc) is 3.40. The number of carbonyl (C=O) groups excluding carboxylic acids is 2. The van der Waals surface area contributed by atoms with Crippen molar-refractivity contribution in [3.63, 3.8) is 0 Å². The summed E-state index contributed by atoms with van der Waals surface area (Å²) in [6, 6.07) is 24.4. The van der Waals surface area contributed by atoms with Crippen LogP contribution in [0.3, 0.4) is 0 Å². The summed E-state index contributed by atoms with van der Waals surface area (Å²) in [5.74, 6) is -0.573. The molecule has 0 fully saturated rings. The number of aryl methyl sites for hydroxylation is 1. The average molecular weight is 568 g/mol. The maximum absolute atomic E-state index is 14.5. The molecule has 1 unspecified atom stereocenters. The van der Waals surface area contributed by atoms with Crippen molar-refractivity contribution in [1.29, 1.82) is 0 Å². The molecule has 9 nitrogen and oxygen atoms in total. The van der Waals surface area contributed by atoms with Crippen LogP contribution in [0.15, 0.2) is 91.0 Å². The van der Waals surface area contributed by atoms with Crippen molar-refractivity contribution in [1.82, 2.24) is 19.9 Å². The minimum Gasteiger partial charge on any atom is -0.497 e. The van der Waals surface area contributed by atoms with Gasteiger partial charge in [-0.05, 0) is 54.4 Å². The molecule has 1 aromatic heterocycles. The lowest BCUT2D eigenvalue weighted by atomic mass is 10.0. The third kappa shape index (κ3) is 6.22. The predicted octanol–water partition coefficient (Wildman–Crippen LogP) is 5.30. The zero-order valence-corrected chi connectivity index (χ0v) is 23.5. The van der Waals surface area contributed by atoms with Gasteiger partial charge in [-0.15, -0.1) is 5.10 Å². The highest BCUT2D eigenvalue weighted by molar-refractivity contribution is 5.99. The first kappa shape index (κ1) is 28.3. The molecule has 42 heavy (non-hydrogen) atoms. The molecule has 5 rings (SSSR count). The standard InChI is InChI=1S/C32H30FN5O4/c1-21-11-13-22(14-12-21)19-37(30(39)20-38-28-10-5-4-9-26(28)35-36-38)31(23-7-6-8-24(33)17-23)32(40)34-27-16-15-25(41-2)18-29(27)42-3/h4-18,31H,19-20H2,1-3H3,(H,34,40). The molecule has 214 valence electrons. The van der Waals surface area contributed by atoms with Crippen LogP contribution >= 0.6 is 0 Å². The fourth-order valence-electron chi connectivity index (χ4n) is 4.72. The second kappa shape index (κ2) is 12.5. The van der Waals surface area contributed by atoms with Crippen molar-refractivity contribution in [3.8, 4) is 11.5 Å². The van der Waals surface area contributed by atoms with Gasteiger partial charge in [-0.3, -0.25) is 9.59 Å². The number of aromatic nitrogens is 3. The Balaban J connectivity index is 1.57. The molecular formula is C32H30FN5O4. The summed E-state index contributed by atoms with van der Waals surface area (Å²) in [6.45, 7) is 1.87. The molecule has 10 heteroatoms. The number of ether oxygens (including phenoxy) is 2. The van der Waals surface area contributed by atoms with E-state index in [1.165, 1.54) is 42.0 Å². The van der Waals surface area contributed by atoms with Crippen LogP contribution in [0.5, 0.6) is 11.5 Å². The number of nitrogens with one attached hydrogen (secondary N) is 1. The zero-order chi connectivity index (χ0) is 29.6. The third-order valence-electron chi connectivity index (χ3n) is 6.89. The fourth-order valence-corrected chi connectivity index (χ4v) is 4.72. The van der Waals surface area contributed by atoms with Gasteiger partial charge in [0.1, 0.15) is 35.4 Å². The van der Waals surface area contributed by atoms with Crippen LogP contribution in [0.2, 0.25) is 0 Å². The Kier molecular flexibility index (Phi) is 8.42. The van der Waals surface area contributed by atoms with E-state index in [4.69, 9.17) is 9.47 Å². The Morgan fingerprint density at radius 3 is 2.48 bits per heavy atom. The van der Waals surface area contributed by atoms with Gasteiger partial charge in [0.25, 0.3) is 5.91 Å². The van der Waals surface area contributed by atoms with E-state index >= 15 is 0 Å². The maximum Gasteiger partial charge on any atom is 0.251 e. The minimum absolute atomic E-state index is 0.0834. The molecule has 0 radical (unpaired) electrons. The number of hydrogen-bond acceptors (Lipinski definition) is 6. The molecule has 0 saturated carbocycles. The largest absolute Gasteiger partial charge is 0.497 e. The number of hydrogen-bond donors (Lipinski definition) is 1. The number of carbonyl (C=O) groups is 2. The quantitative estimate of drug-likeness (QED) is 0.246. The summed E-state index contributed by atoms with van der Waals surface area (Å²) in [5.41, 5.74) is 3.85. The van der Waals surface area contributed by atoms with Crippen LogP contribution in [0, 0.1) is 12.7 Å². The number of methoxy groups -OCH3 is 2. The monoisotopic (exact) mass is 567 g/mol. The van der Waals surface area contributed by atoms with E-state index < -0.39 is 23.7 Å². The van der Waals surface area contributed by atoms with E-state index in [2.05, 4.69) is 15.6 Å². The van der Waals surface area contributed by atoms with E-state index in [0.717, 1.165) is 11.1 Å². The van der Waals surface area contributed by atoms with Crippen molar-refractivity contribution in [3.05, 3.63) is 114 Å². The number of fused-ring (bicyclic) bond motifs is 1. The number of nitrogens with zero attached hydrogens (tertiary/aromatic N) is 4. The van der Waals surface area contributed by atoms with Crippen LogP contribution in [0.1, 0.15) is 22.7 Å². The van der Waals surface area contributed by atoms with Gasteiger partial charge in [0, 0.05) is 12.6 Å². The normalized spacial score (nSPS) is 11.6. The molecule has 1 N–H and O–H groups in total. The Morgan fingerprint density at radius 2 is 1.74 bits per heavy atom. The number of halogens is 1. The van der Waals surface area contributed by atoms with Crippen molar-refractivity contribution < 1.29 is 23.5 Å².